The molecule has 1 atom stereocenters. The van der Waals surface area contributed by atoms with E-state index in [1.165, 1.54) is 24.1 Å². The van der Waals surface area contributed by atoms with Gasteiger partial charge in [0, 0.05) is 25.4 Å². The predicted molar refractivity (Wildman–Crippen MR) is 76.1 cm³/mol. The second-order valence-corrected chi connectivity index (χ2v) is 4.84. The molecule has 3 heteroatoms. The Kier molecular flexibility index (Phi) is 5.02. The smallest absolute Gasteiger partial charge is 0.0750 e. The van der Waals surface area contributed by atoms with Crippen LogP contribution in [0.25, 0.3) is 0 Å². The molecule has 1 fully saturated rings. The fraction of sp³-hybridized carbons (Fsp3) is 0.600. The number of ether oxygens (including phenoxy) is 1. The molecular weight excluding hydrogens is 224 g/mol. The van der Waals surface area contributed by atoms with Gasteiger partial charge in [-0.2, -0.15) is 0 Å². The van der Waals surface area contributed by atoms with E-state index in [1.54, 1.807) is 0 Å². The predicted octanol–water partition coefficient (Wildman–Crippen LogP) is 2.19. The lowest BCUT2D eigenvalue weighted by atomic mass is 10.1. The molecule has 1 saturated heterocycles. The van der Waals surface area contributed by atoms with E-state index < -0.39 is 0 Å². The summed E-state index contributed by atoms with van der Waals surface area (Å²) in [6.07, 6.45) is 3.73. The summed E-state index contributed by atoms with van der Waals surface area (Å²) in [4.78, 5) is 2.42. The molecule has 1 heterocycles. The van der Waals surface area contributed by atoms with Gasteiger partial charge in [0.05, 0.1) is 6.10 Å². The lowest BCUT2D eigenvalue weighted by molar-refractivity contribution is 0.115. The largest absolute Gasteiger partial charge is 0.376 e. The second-order valence-electron chi connectivity index (χ2n) is 4.84. The van der Waals surface area contributed by atoms with Gasteiger partial charge in [-0.05, 0) is 44.4 Å². The molecular formula is C15H24N2O. The molecule has 2 rings (SSSR count). The summed E-state index contributed by atoms with van der Waals surface area (Å²) in [6, 6.07) is 8.58. The van der Waals surface area contributed by atoms with Crippen molar-refractivity contribution < 1.29 is 4.74 Å². The van der Waals surface area contributed by atoms with Gasteiger partial charge in [0.1, 0.15) is 0 Å². The summed E-state index contributed by atoms with van der Waals surface area (Å²) < 4.78 is 5.74. The van der Waals surface area contributed by atoms with E-state index in [1.807, 2.05) is 0 Å². The van der Waals surface area contributed by atoms with Gasteiger partial charge < -0.3 is 15.4 Å². The number of anilines is 1. The van der Waals surface area contributed by atoms with Crippen molar-refractivity contribution in [2.75, 3.05) is 31.1 Å². The van der Waals surface area contributed by atoms with Gasteiger partial charge in [0.25, 0.3) is 0 Å². The van der Waals surface area contributed by atoms with Crippen molar-refractivity contribution in [3.8, 4) is 0 Å². The number of nitrogens with two attached hydrogens (primary N) is 1. The molecule has 3 nitrogen and oxygen atoms in total. The van der Waals surface area contributed by atoms with E-state index in [-0.39, 0.29) is 0 Å². The molecule has 0 amide bonds. The van der Waals surface area contributed by atoms with Crippen molar-refractivity contribution >= 4 is 5.69 Å². The van der Waals surface area contributed by atoms with Crippen molar-refractivity contribution in [2.24, 2.45) is 5.73 Å². The molecule has 0 aliphatic carbocycles. The van der Waals surface area contributed by atoms with Crippen molar-refractivity contribution in [2.45, 2.75) is 32.3 Å². The second kappa shape index (κ2) is 6.76. The molecule has 0 radical (unpaired) electrons. The number of hydrogen-bond donors (Lipinski definition) is 1. The number of hydrogen-bond acceptors (Lipinski definition) is 3. The van der Waals surface area contributed by atoms with E-state index in [2.05, 4.69) is 36.1 Å². The van der Waals surface area contributed by atoms with Crippen LogP contribution in [-0.4, -0.2) is 32.3 Å². The quantitative estimate of drug-likeness (QED) is 0.838. The lowest BCUT2D eigenvalue weighted by Crippen LogP contribution is -2.32. The summed E-state index contributed by atoms with van der Waals surface area (Å²) >= 11 is 0. The molecule has 100 valence electrons. The third-order valence-corrected chi connectivity index (χ3v) is 3.58. The zero-order valence-electron chi connectivity index (χ0n) is 11.3. The zero-order chi connectivity index (χ0) is 12.8. The topological polar surface area (TPSA) is 38.5 Å². The number of para-hydroxylation sites is 1. The molecule has 1 aliphatic heterocycles. The third kappa shape index (κ3) is 3.24. The van der Waals surface area contributed by atoms with E-state index >= 15 is 0 Å². The molecule has 0 aromatic heterocycles. The first-order valence-electron chi connectivity index (χ1n) is 6.99. The molecule has 1 unspecified atom stereocenters. The molecule has 18 heavy (non-hydrogen) atoms. The highest BCUT2D eigenvalue weighted by molar-refractivity contribution is 5.53. The summed E-state index contributed by atoms with van der Waals surface area (Å²) in [5, 5.41) is 0. The maximum Gasteiger partial charge on any atom is 0.0750 e. The Morgan fingerprint density at radius 1 is 1.39 bits per heavy atom. The number of benzene rings is 1. The van der Waals surface area contributed by atoms with E-state index in [0.717, 1.165) is 26.1 Å². The molecule has 1 aliphatic rings. The van der Waals surface area contributed by atoms with E-state index in [0.29, 0.717) is 12.6 Å². The van der Waals surface area contributed by atoms with Crippen molar-refractivity contribution in [3.05, 3.63) is 29.8 Å². The Hall–Kier alpha value is -1.06. The van der Waals surface area contributed by atoms with Gasteiger partial charge in [0.2, 0.25) is 0 Å². The molecule has 0 saturated carbocycles. The Labute approximate surface area is 110 Å². The first kappa shape index (κ1) is 13.4. The van der Waals surface area contributed by atoms with Gasteiger partial charge in [-0.3, -0.25) is 0 Å². The maximum atomic E-state index is 5.74. The number of nitrogens with zero attached hydrogens (tertiary/aromatic N) is 1. The van der Waals surface area contributed by atoms with E-state index in [9.17, 15) is 0 Å². The first-order chi connectivity index (χ1) is 8.85. The normalized spacial score (nSPS) is 19.1. The van der Waals surface area contributed by atoms with Gasteiger partial charge in [0.15, 0.2) is 0 Å². The van der Waals surface area contributed by atoms with Crippen LogP contribution in [0, 0.1) is 0 Å². The minimum atomic E-state index is 0.399. The highest BCUT2D eigenvalue weighted by Crippen LogP contribution is 2.23. The Morgan fingerprint density at radius 3 is 2.89 bits per heavy atom. The maximum absolute atomic E-state index is 5.74. The molecule has 0 bridgehead atoms. The third-order valence-electron chi connectivity index (χ3n) is 3.58. The van der Waals surface area contributed by atoms with Gasteiger partial charge in [-0.25, -0.2) is 0 Å². The molecule has 0 spiro atoms. The summed E-state index contributed by atoms with van der Waals surface area (Å²) in [6.45, 7) is 5.84. The zero-order valence-corrected chi connectivity index (χ0v) is 11.3. The highest BCUT2D eigenvalue weighted by atomic mass is 16.5. The SMILES string of the molecule is CCN(CC1CCCO1)c1ccccc1CCN. The van der Waals surface area contributed by atoms with Crippen LogP contribution >= 0.6 is 0 Å². The molecule has 2 N–H and O–H groups in total. The monoisotopic (exact) mass is 248 g/mol. The lowest BCUT2D eigenvalue weighted by Gasteiger charge is -2.28. The van der Waals surface area contributed by atoms with Crippen LogP contribution in [0.15, 0.2) is 24.3 Å². The van der Waals surface area contributed by atoms with Gasteiger partial charge in [-0.15, -0.1) is 0 Å². The molecule has 1 aromatic rings. The highest BCUT2D eigenvalue weighted by Gasteiger charge is 2.19. The van der Waals surface area contributed by atoms with Crippen LogP contribution in [0.5, 0.6) is 0 Å². The van der Waals surface area contributed by atoms with Crippen molar-refractivity contribution in [1.82, 2.24) is 0 Å². The number of likely N-dealkylation sites (N-methyl/N-ethyl adjacent to an activating group) is 1. The average molecular weight is 248 g/mol. The van der Waals surface area contributed by atoms with Crippen molar-refractivity contribution in [1.29, 1.82) is 0 Å². The number of rotatable bonds is 6. The minimum absolute atomic E-state index is 0.399. The molecule has 1 aromatic carbocycles. The minimum Gasteiger partial charge on any atom is -0.376 e. The Morgan fingerprint density at radius 2 is 2.22 bits per heavy atom. The average Bonchev–Trinajstić information content (AvgIpc) is 2.90. The van der Waals surface area contributed by atoms with Crippen LogP contribution in [0.2, 0.25) is 0 Å². The first-order valence-corrected chi connectivity index (χ1v) is 6.99. The van der Waals surface area contributed by atoms with E-state index in [4.69, 9.17) is 10.5 Å². The van der Waals surface area contributed by atoms with Crippen molar-refractivity contribution in [3.63, 3.8) is 0 Å². The fourth-order valence-corrected chi connectivity index (χ4v) is 2.62. The Balaban J connectivity index is 2.10. The van der Waals surface area contributed by atoms with Gasteiger partial charge in [-0.1, -0.05) is 18.2 Å². The summed E-state index contributed by atoms with van der Waals surface area (Å²) in [5.74, 6) is 0. The fourth-order valence-electron chi connectivity index (χ4n) is 2.62. The Bertz CT molecular complexity index is 361. The van der Waals surface area contributed by atoms with Crippen LogP contribution in [0.4, 0.5) is 5.69 Å². The van der Waals surface area contributed by atoms with Crippen LogP contribution in [-0.2, 0) is 11.2 Å². The standard InChI is InChI=1S/C15H24N2O/c1-2-17(12-14-7-5-11-18-14)15-8-4-3-6-13(15)9-10-16/h3-4,6,8,14H,2,5,7,9-12,16H2,1H3. The van der Waals surface area contributed by atoms with Gasteiger partial charge >= 0.3 is 0 Å². The van der Waals surface area contributed by atoms with Crippen LogP contribution in [0.1, 0.15) is 25.3 Å². The van der Waals surface area contributed by atoms with Crippen LogP contribution in [0.3, 0.4) is 0 Å². The summed E-state index contributed by atoms with van der Waals surface area (Å²) in [5.41, 5.74) is 8.36. The van der Waals surface area contributed by atoms with Crippen LogP contribution < -0.4 is 10.6 Å². The summed E-state index contributed by atoms with van der Waals surface area (Å²) in [7, 11) is 0.